The molecule has 118 valence electrons. The normalized spacial score (nSPS) is 18.7. The average Bonchev–Trinajstić information content (AvgIpc) is 2.86. The van der Waals surface area contributed by atoms with Crippen LogP contribution in [0, 0.1) is 6.92 Å². The number of aryl methyl sites for hydroxylation is 1. The molecule has 21 heavy (non-hydrogen) atoms. The van der Waals surface area contributed by atoms with Crippen LogP contribution in [0.15, 0.2) is 11.4 Å². The smallest absolute Gasteiger partial charge is 0.264 e. The molecule has 1 atom stereocenters. The van der Waals surface area contributed by atoms with Gasteiger partial charge in [-0.1, -0.05) is 0 Å². The van der Waals surface area contributed by atoms with Crippen molar-refractivity contribution in [2.45, 2.75) is 13.0 Å². The van der Waals surface area contributed by atoms with E-state index < -0.39 is 6.10 Å². The number of amides is 1. The monoisotopic (exact) mass is 311 g/mol. The van der Waals surface area contributed by atoms with Gasteiger partial charge in [0.1, 0.15) is 0 Å². The zero-order chi connectivity index (χ0) is 15.4. The minimum atomic E-state index is -0.498. The SMILES string of the molecule is Cc1ccsc1C(=O)N(C)CC(O)CN1CCN(C)CC1. The first kappa shape index (κ1) is 16.4. The molecule has 0 saturated carbocycles. The lowest BCUT2D eigenvalue weighted by Crippen LogP contribution is -2.48. The van der Waals surface area contributed by atoms with Gasteiger partial charge in [-0.15, -0.1) is 11.3 Å². The van der Waals surface area contributed by atoms with Crippen molar-refractivity contribution in [3.63, 3.8) is 0 Å². The molecular formula is C15H25N3O2S. The molecule has 6 heteroatoms. The van der Waals surface area contributed by atoms with Crippen molar-refractivity contribution in [3.05, 3.63) is 21.9 Å². The molecule has 1 unspecified atom stereocenters. The number of carbonyl (C=O) groups excluding carboxylic acids is 1. The van der Waals surface area contributed by atoms with Crippen LogP contribution in [0.2, 0.25) is 0 Å². The van der Waals surface area contributed by atoms with Crippen molar-refractivity contribution < 1.29 is 9.90 Å². The van der Waals surface area contributed by atoms with Gasteiger partial charge in [-0.05, 0) is 31.0 Å². The number of likely N-dealkylation sites (N-methyl/N-ethyl adjacent to an activating group) is 2. The summed E-state index contributed by atoms with van der Waals surface area (Å²) in [5.74, 6) is -0.0000671. The third-order valence-corrected chi connectivity index (χ3v) is 4.96. The Morgan fingerprint density at radius 2 is 2.10 bits per heavy atom. The van der Waals surface area contributed by atoms with Crippen LogP contribution in [-0.2, 0) is 0 Å². The minimum absolute atomic E-state index is 0.0000671. The van der Waals surface area contributed by atoms with Gasteiger partial charge in [0.05, 0.1) is 11.0 Å². The van der Waals surface area contributed by atoms with E-state index in [1.165, 1.54) is 11.3 Å². The molecule has 0 aliphatic carbocycles. The third-order valence-electron chi connectivity index (χ3n) is 3.95. The molecule has 1 amide bonds. The Labute approximate surface area is 130 Å². The highest BCUT2D eigenvalue weighted by Gasteiger charge is 2.21. The lowest BCUT2D eigenvalue weighted by molar-refractivity contribution is 0.0504. The molecule has 1 aliphatic heterocycles. The lowest BCUT2D eigenvalue weighted by Gasteiger charge is -2.34. The Hall–Kier alpha value is -0.950. The van der Waals surface area contributed by atoms with E-state index >= 15 is 0 Å². The van der Waals surface area contributed by atoms with Gasteiger partial charge in [-0.25, -0.2) is 0 Å². The molecule has 5 nitrogen and oxygen atoms in total. The number of piperazine rings is 1. The number of rotatable bonds is 5. The summed E-state index contributed by atoms with van der Waals surface area (Å²) in [7, 11) is 3.87. The Morgan fingerprint density at radius 1 is 1.43 bits per heavy atom. The second-order valence-corrected chi connectivity index (χ2v) is 6.79. The van der Waals surface area contributed by atoms with Gasteiger partial charge >= 0.3 is 0 Å². The first-order valence-corrected chi connectivity index (χ1v) is 8.24. The molecular weight excluding hydrogens is 286 g/mol. The van der Waals surface area contributed by atoms with Gasteiger partial charge in [0.15, 0.2) is 0 Å². The van der Waals surface area contributed by atoms with Gasteiger partial charge in [0, 0.05) is 46.3 Å². The second-order valence-electron chi connectivity index (χ2n) is 5.88. The molecule has 0 radical (unpaired) electrons. The number of aliphatic hydroxyl groups is 1. The molecule has 2 heterocycles. The molecule has 0 bridgehead atoms. The van der Waals surface area contributed by atoms with Crippen molar-refractivity contribution in [2.24, 2.45) is 0 Å². The molecule has 0 spiro atoms. The molecule has 1 saturated heterocycles. The lowest BCUT2D eigenvalue weighted by atomic mass is 10.2. The summed E-state index contributed by atoms with van der Waals surface area (Å²) in [5.41, 5.74) is 1.01. The summed E-state index contributed by atoms with van der Waals surface area (Å²) in [6.45, 7) is 6.99. The number of carbonyl (C=O) groups is 1. The highest BCUT2D eigenvalue weighted by Crippen LogP contribution is 2.17. The predicted octanol–water partition coefficient (Wildman–Crippen LogP) is 0.737. The highest BCUT2D eigenvalue weighted by atomic mass is 32.1. The second kappa shape index (κ2) is 7.35. The summed E-state index contributed by atoms with van der Waals surface area (Å²) in [6.07, 6.45) is -0.498. The van der Waals surface area contributed by atoms with E-state index in [9.17, 15) is 9.90 Å². The Balaban J connectivity index is 1.80. The summed E-state index contributed by atoms with van der Waals surface area (Å²) in [6, 6.07) is 1.95. The van der Waals surface area contributed by atoms with E-state index in [0.29, 0.717) is 13.1 Å². The summed E-state index contributed by atoms with van der Waals surface area (Å²) >= 11 is 1.46. The average molecular weight is 311 g/mol. The van der Waals surface area contributed by atoms with E-state index in [-0.39, 0.29) is 5.91 Å². The Kier molecular flexibility index (Phi) is 5.75. The molecule has 1 aromatic rings. The van der Waals surface area contributed by atoms with Gasteiger partial charge in [0.25, 0.3) is 5.91 Å². The fraction of sp³-hybridized carbons (Fsp3) is 0.667. The van der Waals surface area contributed by atoms with Gasteiger partial charge in [0.2, 0.25) is 0 Å². The summed E-state index contributed by atoms with van der Waals surface area (Å²) in [5, 5.41) is 12.1. The third kappa shape index (κ3) is 4.51. The van der Waals surface area contributed by atoms with E-state index in [0.717, 1.165) is 36.6 Å². The number of hydrogen-bond donors (Lipinski definition) is 1. The van der Waals surface area contributed by atoms with E-state index in [4.69, 9.17) is 0 Å². The number of aliphatic hydroxyl groups excluding tert-OH is 1. The molecule has 1 aromatic heterocycles. The van der Waals surface area contributed by atoms with Crippen molar-refractivity contribution in [1.29, 1.82) is 0 Å². The standard InChI is InChI=1S/C15H25N3O2S/c1-12-4-9-21-14(12)15(20)17(3)10-13(19)11-18-7-5-16(2)6-8-18/h4,9,13,19H,5-8,10-11H2,1-3H3. The Morgan fingerprint density at radius 3 is 2.67 bits per heavy atom. The quantitative estimate of drug-likeness (QED) is 0.871. The summed E-state index contributed by atoms with van der Waals surface area (Å²) in [4.78, 5) is 19.2. The molecule has 1 aliphatic rings. The van der Waals surface area contributed by atoms with Crippen LogP contribution in [-0.4, -0.2) is 85.2 Å². The number of thiophene rings is 1. The first-order chi connectivity index (χ1) is 9.97. The van der Waals surface area contributed by atoms with Crippen LogP contribution in [0.5, 0.6) is 0 Å². The minimum Gasteiger partial charge on any atom is -0.390 e. The van der Waals surface area contributed by atoms with Crippen LogP contribution in [0.25, 0.3) is 0 Å². The van der Waals surface area contributed by atoms with Crippen LogP contribution in [0.4, 0.5) is 0 Å². The number of nitrogens with zero attached hydrogens (tertiary/aromatic N) is 3. The highest BCUT2D eigenvalue weighted by molar-refractivity contribution is 7.12. The zero-order valence-corrected chi connectivity index (χ0v) is 13.9. The number of β-amino-alcohol motifs (C(OH)–C–C–N with tert-alkyl or cyclic N) is 1. The molecule has 1 N–H and O–H groups in total. The largest absolute Gasteiger partial charge is 0.390 e. The number of hydrogen-bond acceptors (Lipinski definition) is 5. The van der Waals surface area contributed by atoms with Crippen molar-refractivity contribution in [1.82, 2.24) is 14.7 Å². The van der Waals surface area contributed by atoms with Crippen molar-refractivity contribution in [2.75, 3.05) is 53.4 Å². The van der Waals surface area contributed by atoms with Gasteiger partial charge in [-0.3, -0.25) is 9.69 Å². The van der Waals surface area contributed by atoms with Crippen LogP contribution >= 0.6 is 11.3 Å². The van der Waals surface area contributed by atoms with Crippen molar-refractivity contribution in [3.8, 4) is 0 Å². The zero-order valence-electron chi connectivity index (χ0n) is 13.1. The maximum atomic E-state index is 12.3. The molecule has 2 rings (SSSR count). The topological polar surface area (TPSA) is 47.0 Å². The van der Waals surface area contributed by atoms with E-state index in [1.54, 1.807) is 11.9 Å². The fourth-order valence-corrected chi connectivity index (χ4v) is 3.47. The molecule has 0 aromatic carbocycles. The van der Waals surface area contributed by atoms with Gasteiger partial charge in [-0.2, -0.15) is 0 Å². The Bertz CT molecular complexity index is 469. The van der Waals surface area contributed by atoms with Gasteiger partial charge < -0.3 is 14.9 Å². The fourth-order valence-electron chi connectivity index (χ4n) is 2.55. The van der Waals surface area contributed by atoms with Crippen LogP contribution < -0.4 is 0 Å². The van der Waals surface area contributed by atoms with E-state index in [2.05, 4.69) is 16.8 Å². The first-order valence-electron chi connectivity index (χ1n) is 7.36. The van der Waals surface area contributed by atoms with Crippen molar-refractivity contribution >= 4 is 17.2 Å². The maximum Gasteiger partial charge on any atom is 0.264 e. The maximum absolute atomic E-state index is 12.3. The molecule has 1 fully saturated rings. The van der Waals surface area contributed by atoms with E-state index in [1.807, 2.05) is 18.4 Å². The van der Waals surface area contributed by atoms with Crippen LogP contribution in [0.3, 0.4) is 0 Å². The van der Waals surface area contributed by atoms with Crippen LogP contribution in [0.1, 0.15) is 15.2 Å². The predicted molar refractivity (Wildman–Crippen MR) is 86.0 cm³/mol. The summed E-state index contributed by atoms with van der Waals surface area (Å²) < 4.78 is 0.